The molecule has 0 saturated heterocycles. The van der Waals surface area contributed by atoms with E-state index in [-0.39, 0.29) is 23.7 Å². The van der Waals surface area contributed by atoms with E-state index in [1.165, 1.54) is 22.3 Å². The molecule has 1 aliphatic rings. The van der Waals surface area contributed by atoms with Gasteiger partial charge in [0.2, 0.25) is 5.91 Å². The van der Waals surface area contributed by atoms with Gasteiger partial charge in [0, 0.05) is 6.54 Å². The average molecular weight is 395 g/mol. The quantitative estimate of drug-likeness (QED) is 0.804. The summed E-state index contributed by atoms with van der Waals surface area (Å²) in [4.78, 5) is 24.5. The highest BCUT2D eigenvalue weighted by Crippen LogP contribution is 2.30. The number of benzene rings is 2. The molecular weight excluding hydrogens is 364 g/mol. The fourth-order valence-corrected chi connectivity index (χ4v) is 3.62. The normalized spacial score (nSPS) is 15.9. The molecule has 29 heavy (non-hydrogen) atoms. The Morgan fingerprint density at radius 3 is 2.45 bits per heavy atom. The lowest BCUT2D eigenvalue weighted by Crippen LogP contribution is -2.41. The second kappa shape index (κ2) is 8.27. The van der Waals surface area contributed by atoms with Crippen LogP contribution < -0.4 is 15.4 Å². The molecule has 0 spiro atoms. The Labute approximate surface area is 172 Å². The van der Waals surface area contributed by atoms with E-state index in [1.54, 1.807) is 12.1 Å². The molecule has 5 nitrogen and oxygen atoms in total. The van der Waals surface area contributed by atoms with E-state index >= 15 is 0 Å². The number of amides is 2. The Kier molecular flexibility index (Phi) is 5.96. The number of anilines is 1. The molecule has 0 fully saturated rings. The highest BCUT2D eigenvalue weighted by atomic mass is 16.5. The summed E-state index contributed by atoms with van der Waals surface area (Å²) in [5, 5.41) is 5.71. The third-order valence-electron chi connectivity index (χ3n) is 5.34. The van der Waals surface area contributed by atoms with Gasteiger partial charge in [0.05, 0.1) is 12.1 Å². The number of carbonyl (C=O) groups excluding carboxylic acids is 2. The van der Waals surface area contributed by atoms with Crippen molar-refractivity contribution in [3.8, 4) is 5.75 Å². The van der Waals surface area contributed by atoms with Gasteiger partial charge in [0.15, 0.2) is 6.10 Å². The molecule has 2 amide bonds. The monoisotopic (exact) mass is 394 g/mol. The van der Waals surface area contributed by atoms with Gasteiger partial charge in [-0.2, -0.15) is 0 Å². The molecule has 5 heteroatoms. The average Bonchev–Trinajstić information content (AvgIpc) is 2.63. The molecule has 3 rings (SSSR count). The van der Waals surface area contributed by atoms with E-state index in [0.29, 0.717) is 18.0 Å². The van der Waals surface area contributed by atoms with E-state index in [1.807, 2.05) is 12.1 Å². The van der Waals surface area contributed by atoms with Crippen LogP contribution in [-0.2, 0) is 21.4 Å². The minimum atomic E-state index is -0.806. The van der Waals surface area contributed by atoms with Crippen LogP contribution in [0.3, 0.4) is 0 Å². The number of nitrogens with one attached hydrogen (secondary N) is 2. The van der Waals surface area contributed by atoms with Gasteiger partial charge in [-0.05, 0) is 60.1 Å². The van der Waals surface area contributed by atoms with Gasteiger partial charge in [0.1, 0.15) is 5.75 Å². The topological polar surface area (TPSA) is 67.4 Å². The van der Waals surface area contributed by atoms with Crippen LogP contribution in [0.2, 0.25) is 0 Å². The summed E-state index contributed by atoms with van der Waals surface area (Å²) < 4.78 is 5.69. The second-order valence-corrected chi connectivity index (χ2v) is 8.73. The molecular formula is C24H30N2O3. The van der Waals surface area contributed by atoms with Gasteiger partial charge < -0.3 is 15.4 Å². The van der Waals surface area contributed by atoms with Crippen LogP contribution in [0.15, 0.2) is 36.4 Å². The molecule has 0 bridgehead atoms. The zero-order valence-electron chi connectivity index (χ0n) is 17.9. The number of ether oxygens (including phenoxy) is 1. The first kappa shape index (κ1) is 20.9. The largest absolute Gasteiger partial charge is 0.478 e. The van der Waals surface area contributed by atoms with Gasteiger partial charge in [-0.3, -0.25) is 9.59 Å². The maximum absolute atomic E-state index is 12.3. The van der Waals surface area contributed by atoms with Crippen molar-refractivity contribution in [2.75, 3.05) is 11.9 Å². The summed E-state index contributed by atoms with van der Waals surface area (Å²) in [7, 11) is 0. The van der Waals surface area contributed by atoms with Crippen molar-refractivity contribution >= 4 is 17.5 Å². The molecule has 154 valence electrons. The van der Waals surface area contributed by atoms with Gasteiger partial charge in [-0.15, -0.1) is 0 Å². The number of rotatable bonds is 5. The van der Waals surface area contributed by atoms with Crippen molar-refractivity contribution in [3.63, 3.8) is 0 Å². The SMILES string of the molecule is Cc1cc(C(C)(C)C)cc(C)c1CCNC(=O)C[C@@H]1Oc2ccccc2NC1=O. The van der Waals surface area contributed by atoms with Crippen molar-refractivity contribution in [3.05, 3.63) is 58.7 Å². The summed E-state index contributed by atoms with van der Waals surface area (Å²) >= 11 is 0. The van der Waals surface area contributed by atoms with Crippen molar-refractivity contribution < 1.29 is 14.3 Å². The van der Waals surface area contributed by atoms with Crippen molar-refractivity contribution in [1.29, 1.82) is 0 Å². The summed E-state index contributed by atoms with van der Waals surface area (Å²) in [6.45, 7) is 11.4. The van der Waals surface area contributed by atoms with Crippen molar-refractivity contribution in [2.24, 2.45) is 0 Å². The van der Waals surface area contributed by atoms with Crippen LogP contribution in [-0.4, -0.2) is 24.5 Å². The highest BCUT2D eigenvalue weighted by Gasteiger charge is 2.29. The summed E-state index contributed by atoms with van der Waals surface area (Å²) in [6.07, 6.45) is -0.0467. The smallest absolute Gasteiger partial charge is 0.266 e. The third kappa shape index (κ3) is 4.97. The summed E-state index contributed by atoms with van der Waals surface area (Å²) in [6, 6.07) is 11.7. The maximum Gasteiger partial charge on any atom is 0.266 e. The molecule has 1 aliphatic heterocycles. The van der Waals surface area contributed by atoms with Crippen LogP contribution >= 0.6 is 0 Å². The standard InChI is InChI=1S/C24H30N2O3/c1-15-12-17(24(3,4)5)13-16(2)18(15)10-11-25-22(27)14-21-23(28)26-19-8-6-7-9-20(19)29-21/h6-9,12-13,21H,10-11,14H2,1-5H3,(H,25,27)(H,26,28)/t21-/m0/s1. The number of hydrogen-bond donors (Lipinski definition) is 2. The van der Waals surface area contributed by atoms with Crippen LogP contribution in [0, 0.1) is 13.8 Å². The fourth-order valence-electron chi connectivity index (χ4n) is 3.62. The van der Waals surface area contributed by atoms with Crippen LogP contribution in [0.4, 0.5) is 5.69 Å². The Hall–Kier alpha value is -2.82. The Morgan fingerprint density at radius 2 is 1.79 bits per heavy atom. The minimum absolute atomic E-state index is 0.00109. The minimum Gasteiger partial charge on any atom is -0.478 e. The lowest BCUT2D eigenvalue weighted by atomic mass is 9.83. The Morgan fingerprint density at radius 1 is 1.14 bits per heavy atom. The number of carbonyl (C=O) groups is 2. The number of hydrogen-bond acceptors (Lipinski definition) is 3. The van der Waals surface area contributed by atoms with E-state index in [0.717, 1.165) is 6.42 Å². The number of para-hydroxylation sites is 2. The lowest BCUT2D eigenvalue weighted by molar-refractivity contribution is -0.130. The summed E-state index contributed by atoms with van der Waals surface area (Å²) in [5.74, 6) is 0.115. The lowest BCUT2D eigenvalue weighted by Gasteiger charge is -2.25. The third-order valence-corrected chi connectivity index (χ3v) is 5.34. The number of aryl methyl sites for hydroxylation is 2. The van der Waals surface area contributed by atoms with Crippen LogP contribution in [0.25, 0.3) is 0 Å². The molecule has 0 aliphatic carbocycles. The van der Waals surface area contributed by atoms with Gasteiger partial charge in [0.25, 0.3) is 5.91 Å². The molecule has 1 atom stereocenters. The van der Waals surface area contributed by atoms with Crippen LogP contribution in [0.1, 0.15) is 49.4 Å². The zero-order valence-corrected chi connectivity index (χ0v) is 17.9. The van der Waals surface area contributed by atoms with Crippen LogP contribution in [0.5, 0.6) is 5.75 Å². The first-order valence-electron chi connectivity index (χ1n) is 10.1. The Bertz CT molecular complexity index is 905. The molecule has 0 saturated carbocycles. The van der Waals surface area contributed by atoms with E-state index in [4.69, 9.17) is 4.74 Å². The van der Waals surface area contributed by atoms with E-state index < -0.39 is 6.10 Å². The molecule has 0 aromatic heterocycles. The molecule has 0 radical (unpaired) electrons. The predicted octanol–water partition coefficient (Wildman–Crippen LogP) is 4.05. The molecule has 2 N–H and O–H groups in total. The highest BCUT2D eigenvalue weighted by molar-refractivity contribution is 5.99. The summed E-state index contributed by atoms with van der Waals surface area (Å²) in [5.41, 5.74) is 5.83. The second-order valence-electron chi connectivity index (χ2n) is 8.73. The van der Waals surface area contributed by atoms with E-state index in [9.17, 15) is 9.59 Å². The molecule has 2 aromatic carbocycles. The van der Waals surface area contributed by atoms with Gasteiger partial charge in [-0.25, -0.2) is 0 Å². The fraction of sp³-hybridized carbons (Fsp3) is 0.417. The first-order chi connectivity index (χ1) is 13.6. The van der Waals surface area contributed by atoms with Crippen molar-refractivity contribution in [2.45, 2.75) is 59.0 Å². The molecule has 2 aromatic rings. The first-order valence-corrected chi connectivity index (χ1v) is 10.1. The molecule has 0 unspecified atom stereocenters. The maximum atomic E-state index is 12.3. The Balaban J connectivity index is 1.55. The van der Waals surface area contributed by atoms with Gasteiger partial charge in [-0.1, -0.05) is 45.0 Å². The predicted molar refractivity (Wildman–Crippen MR) is 115 cm³/mol. The zero-order chi connectivity index (χ0) is 21.2. The van der Waals surface area contributed by atoms with Gasteiger partial charge >= 0.3 is 0 Å². The van der Waals surface area contributed by atoms with Crippen molar-refractivity contribution in [1.82, 2.24) is 5.32 Å². The number of fused-ring (bicyclic) bond motifs is 1. The molecule has 1 heterocycles. The van der Waals surface area contributed by atoms with E-state index in [2.05, 4.69) is 57.4 Å².